The molecule has 53 heavy (non-hydrogen) atoms. The Kier molecular flexibility index (Phi) is 14.3. The summed E-state index contributed by atoms with van der Waals surface area (Å²) in [4.78, 5) is 76.3. The van der Waals surface area contributed by atoms with Crippen LogP contribution in [0.3, 0.4) is 0 Å². The summed E-state index contributed by atoms with van der Waals surface area (Å²) < 4.78 is 0. The Bertz CT molecular complexity index is 1820. The molecular formula is C36H47N11O6. The van der Waals surface area contributed by atoms with Gasteiger partial charge in [-0.2, -0.15) is 0 Å². The fourth-order valence-corrected chi connectivity index (χ4v) is 5.79. The minimum atomic E-state index is -1.23. The Balaban J connectivity index is 1.69. The molecule has 3 aromatic rings. The topological polar surface area (TPSA) is 295 Å². The Labute approximate surface area is 306 Å². The molecule has 17 heteroatoms. The monoisotopic (exact) mass is 729 g/mol. The van der Waals surface area contributed by atoms with E-state index in [4.69, 9.17) is 22.9 Å². The first-order valence-electron chi connectivity index (χ1n) is 17.2. The number of phenolic OH excluding ortho intramolecular Hbond substituents is 1. The average molecular weight is 730 g/mol. The number of phenols is 1. The SMILES string of the molecule is NC(N)=NCCC[C@@H]1NC(=O)CNC(=O)[C@H](Cc2ccc3ccccc3c2)NC(=O)[C@H](Cc2ccc(O)cc2)NC(=O)[C@@H](CCCN=C(N)N)NC1=O. The van der Waals surface area contributed by atoms with Gasteiger partial charge in [-0.1, -0.05) is 54.6 Å². The number of nitrogens with zero attached hydrogens (tertiary/aromatic N) is 2. The van der Waals surface area contributed by atoms with Gasteiger partial charge in [-0.25, -0.2) is 0 Å². The summed E-state index contributed by atoms with van der Waals surface area (Å²) in [5.41, 5.74) is 23.1. The van der Waals surface area contributed by atoms with Gasteiger partial charge in [0.1, 0.15) is 29.9 Å². The third-order valence-corrected chi connectivity index (χ3v) is 8.49. The summed E-state index contributed by atoms with van der Waals surface area (Å²) in [5, 5.41) is 25.2. The second-order valence-electron chi connectivity index (χ2n) is 12.7. The van der Waals surface area contributed by atoms with Crippen molar-refractivity contribution in [1.29, 1.82) is 0 Å². The van der Waals surface area contributed by atoms with Gasteiger partial charge in [-0.3, -0.25) is 34.0 Å². The van der Waals surface area contributed by atoms with Gasteiger partial charge in [0.2, 0.25) is 29.5 Å². The van der Waals surface area contributed by atoms with Crippen LogP contribution in [0.5, 0.6) is 5.75 Å². The van der Waals surface area contributed by atoms with E-state index in [1.807, 2.05) is 42.5 Å². The van der Waals surface area contributed by atoms with Gasteiger partial charge in [-0.05, 0) is 59.7 Å². The van der Waals surface area contributed by atoms with Crippen LogP contribution in [-0.2, 0) is 36.8 Å². The number of amides is 5. The van der Waals surface area contributed by atoms with Crippen molar-refractivity contribution in [2.75, 3.05) is 19.6 Å². The number of carbonyl (C=O) groups is 5. The van der Waals surface area contributed by atoms with Crippen LogP contribution in [0.25, 0.3) is 10.8 Å². The molecule has 1 aliphatic rings. The summed E-state index contributed by atoms with van der Waals surface area (Å²) in [6.45, 7) is -0.177. The lowest BCUT2D eigenvalue weighted by atomic mass is 9.99. The molecule has 3 aromatic carbocycles. The molecule has 0 bridgehead atoms. The number of hydrogen-bond donors (Lipinski definition) is 10. The summed E-state index contributed by atoms with van der Waals surface area (Å²) in [6, 6.07) is 14.7. The minimum absolute atomic E-state index is 0.0102. The van der Waals surface area contributed by atoms with Crippen LogP contribution < -0.4 is 49.5 Å². The first-order valence-corrected chi connectivity index (χ1v) is 17.2. The Morgan fingerprint density at radius 1 is 0.604 bits per heavy atom. The Morgan fingerprint density at radius 3 is 1.70 bits per heavy atom. The number of fused-ring (bicyclic) bond motifs is 1. The highest BCUT2D eigenvalue weighted by Gasteiger charge is 2.32. The molecule has 4 atom stereocenters. The first kappa shape index (κ1) is 39.4. The molecule has 1 heterocycles. The predicted octanol–water partition coefficient (Wildman–Crippen LogP) is -1.49. The molecule has 1 aliphatic heterocycles. The van der Waals surface area contributed by atoms with Crippen molar-refractivity contribution in [3.8, 4) is 5.75 Å². The molecule has 1 fully saturated rings. The fraction of sp³-hybridized carbons (Fsp3) is 0.361. The van der Waals surface area contributed by atoms with E-state index in [0.29, 0.717) is 12.0 Å². The molecule has 0 aromatic heterocycles. The third-order valence-electron chi connectivity index (χ3n) is 8.49. The maximum absolute atomic E-state index is 14.0. The minimum Gasteiger partial charge on any atom is -0.508 e. The fourth-order valence-electron chi connectivity index (χ4n) is 5.79. The predicted molar refractivity (Wildman–Crippen MR) is 200 cm³/mol. The molecule has 5 amide bonds. The number of aliphatic imine (C=N–C) groups is 2. The molecule has 0 saturated carbocycles. The number of aromatic hydroxyl groups is 1. The lowest BCUT2D eigenvalue weighted by Gasteiger charge is -2.26. The standard InChI is InChI=1S/C36H47N11O6/c37-35(38)41-15-3-7-26-32(51)45-27(8-4-16-42-36(39)40)33(52)47-29(18-21-10-13-25(48)14-11-21)34(53)46-28(31(50)43-20-30(49)44-26)19-22-9-12-23-5-1-2-6-24(23)17-22/h1-2,5-6,9-14,17,26-29,48H,3-4,7-8,15-16,18-20H2,(H,43,50)(H,44,49)(H,45,51)(H,46,53)(H,47,52)(H4,37,38,41)(H4,39,40,42)/t26-,27+,28-,29-/m0/s1. The number of nitrogens with two attached hydrogens (primary N) is 4. The summed E-state index contributed by atoms with van der Waals surface area (Å²) in [7, 11) is 0. The zero-order chi connectivity index (χ0) is 38.3. The molecule has 282 valence electrons. The molecule has 0 radical (unpaired) electrons. The Hall–Kier alpha value is -6.39. The molecule has 4 rings (SSSR count). The highest BCUT2D eigenvalue weighted by Crippen LogP contribution is 2.18. The van der Waals surface area contributed by atoms with Gasteiger partial charge >= 0.3 is 0 Å². The van der Waals surface area contributed by atoms with Crippen LogP contribution in [0.2, 0.25) is 0 Å². The van der Waals surface area contributed by atoms with Crippen LogP contribution in [0, 0.1) is 0 Å². The lowest BCUT2D eigenvalue weighted by molar-refractivity contribution is -0.134. The van der Waals surface area contributed by atoms with Crippen molar-refractivity contribution in [2.45, 2.75) is 62.7 Å². The molecule has 1 saturated heterocycles. The molecule has 0 unspecified atom stereocenters. The van der Waals surface area contributed by atoms with Crippen LogP contribution >= 0.6 is 0 Å². The van der Waals surface area contributed by atoms with Crippen LogP contribution in [0.15, 0.2) is 76.7 Å². The maximum Gasteiger partial charge on any atom is 0.243 e. The Morgan fingerprint density at radius 2 is 1.09 bits per heavy atom. The van der Waals surface area contributed by atoms with Crippen molar-refractivity contribution < 1.29 is 29.1 Å². The van der Waals surface area contributed by atoms with Gasteiger partial charge in [0.15, 0.2) is 11.9 Å². The van der Waals surface area contributed by atoms with Crippen molar-refractivity contribution in [3.05, 3.63) is 77.9 Å². The molecular weight excluding hydrogens is 682 g/mol. The van der Waals surface area contributed by atoms with E-state index in [-0.39, 0.29) is 62.9 Å². The van der Waals surface area contributed by atoms with Gasteiger partial charge in [0.05, 0.1) is 6.54 Å². The van der Waals surface area contributed by atoms with E-state index in [1.165, 1.54) is 12.1 Å². The van der Waals surface area contributed by atoms with Gasteiger partial charge in [0, 0.05) is 25.9 Å². The highest BCUT2D eigenvalue weighted by atomic mass is 16.3. The second-order valence-corrected chi connectivity index (χ2v) is 12.7. The number of benzene rings is 3. The molecule has 0 spiro atoms. The molecule has 14 N–H and O–H groups in total. The van der Waals surface area contributed by atoms with Crippen molar-refractivity contribution in [2.24, 2.45) is 32.9 Å². The zero-order valence-corrected chi connectivity index (χ0v) is 29.2. The number of carbonyl (C=O) groups excluding carboxylic acids is 5. The van der Waals surface area contributed by atoms with Crippen LogP contribution in [0.1, 0.15) is 36.8 Å². The average Bonchev–Trinajstić information content (AvgIpc) is 3.12. The summed E-state index contributed by atoms with van der Waals surface area (Å²) in [6.07, 6.45) is 0.777. The third kappa shape index (κ3) is 12.7. The highest BCUT2D eigenvalue weighted by molar-refractivity contribution is 5.97. The van der Waals surface area contributed by atoms with E-state index in [1.54, 1.807) is 12.1 Å². The first-order chi connectivity index (χ1) is 25.4. The lowest BCUT2D eigenvalue weighted by Crippen LogP contribution is -2.58. The maximum atomic E-state index is 14.0. The zero-order valence-electron chi connectivity index (χ0n) is 29.2. The van der Waals surface area contributed by atoms with Gasteiger partial charge < -0.3 is 54.6 Å². The smallest absolute Gasteiger partial charge is 0.243 e. The number of guanidine groups is 2. The van der Waals surface area contributed by atoms with Crippen molar-refractivity contribution >= 4 is 52.2 Å². The van der Waals surface area contributed by atoms with Crippen LogP contribution in [-0.4, -0.2) is 90.4 Å². The quantitative estimate of drug-likeness (QED) is 0.0585. The van der Waals surface area contributed by atoms with E-state index < -0.39 is 60.2 Å². The van der Waals surface area contributed by atoms with Crippen molar-refractivity contribution in [1.82, 2.24) is 26.6 Å². The molecule has 17 nitrogen and oxygen atoms in total. The van der Waals surface area contributed by atoms with E-state index in [9.17, 15) is 29.1 Å². The number of hydrogen-bond acceptors (Lipinski definition) is 8. The largest absolute Gasteiger partial charge is 0.508 e. The van der Waals surface area contributed by atoms with Crippen molar-refractivity contribution in [3.63, 3.8) is 0 Å². The number of nitrogens with one attached hydrogen (secondary N) is 5. The van der Waals surface area contributed by atoms with Crippen LogP contribution in [0.4, 0.5) is 0 Å². The van der Waals surface area contributed by atoms with E-state index in [0.717, 1.165) is 16.3 Å². The van der Waals surface area contributed by atoms with Gasteiger partial charge in [-0.15, -0.1) is 0 Å². The normalized spacial score (nSPS) is 20.0. The van der Waals surface area contributed by atoms with E-state index in [2.05, 4.69) is 36.6 Å². The van der Waals surface area contributed by atoms with E-state index >= 15 is 0 Å². The summed E-state index contributed by atoms with van der Waals surface area (Å²) >= 11 is 0. The molecule has 0 aliphatic carbocycles. The second kappa shape index (κ2) is 19.3. The van der Waals surface area contributed by atoms with Gasteiger partial charge in [0.25, 0.3) is 0 Å². The summed E-state index contributed by atoms with van der Waals surface area (Å²) in [5.74, 6) is -3.66. The number of rotatable bonds is 12.